The third-order valence-electron chi connectivity index (χ3n) is 3.56. The Morgan fingerprint density at radius 2 is 1.61 bits per heavy atom. The van der Waals surface area contributed by atoms with Gasteiger partial charge in [-0.2, -0.15) is 0 Å². The maximum Gasteiger partial charge on any atom is 0.337 e. The van der Waals surface area contributed by atoms with Crippen molar-refractivity contribution in [2.75, 3.05) is 19.5 Å². The second kappa shape index (κ2) is 6.96. The Morgan fingerprint density at radius 3 is 2.22 bits per heavy atom. The van der Waals surface area contributed by atoms with Crippen LogP contribution in [-0.4, -0.2) is 26.1 Å². The number of ether oxygens (including phenoxy) is 2. The predicted molar refractivity (Wildman–Crippen MR) is 88.2 cm³/mol. The fraction of sp³-hybridized carbons (Fsp3) is 0.222. The molecule has 1 N–H and O–H groups in total. The van der Waals surface area contributed by atoms with Gasteiger partial charge in [-0.3, -0.25) is 4.79 Å². The van der Waals surface area contributed by atoms with E-state index in [1.807, 2.05) is 13.8 Å². The average molecular weight is 313 g/mol. The summed E-state index contributed by atoms with van der Waals surface area (Å²) >= 11 is 0. The highest BCUT2D eigenvalue weighted by atomic mass is 16.5. The van der Waals surface area contributed by atoms with Crippen molar-refractivity contribution in [1.29, 1.82) is 0 Å². The molecule has 2 aromatic rings. The minimum Gasteiger partial charge on any atom is -0.496 e. The summed E-state index contributed by atoms with van der Waals surface area (Å²) in [7, 11) is 2.91. The first-order valence-electron chi connectivity index (χ1n) is 7.11. The van der Waals surface area contributed by atoms with Crippen molar-refractivity contribution in [3.05, 3.63) is 58.7 Å². The van der Waals surface area contributed by atoms with Gasteiger partial charge in [0.25, 0.3) is 5.91 Å². The molecule has 0 aliphatic rings. The zero-order valence-corrected chi connectivity index (χ0v) is 13.6. The van der Waals surface area contributed by atoms with Crippen LogP contribution in [0.1, 0.15) is 31.8 Å². The maximum absolute atomic E-state index is 12.4. The van der Waals surface area contributed by atoms with Crippen molar-refractivity contribution in [3.63, 3.8) is 0 Å². The molecule has 5 heteroatoms. The maximum atomic E-state index is 12.4. The fourth-order valence-electron chi connectivity index (χ4n) is 2.22. The summed E-state index contributed by atoms with van der Waals surface area (Å²) in [6, 6.07) is 10.2. The number of anilines is 1. The van der Waals surface area contributed by atoms with Gasteiger partial charge < -0.3 is 14.8 Å². The van der Waals surface area contributed by atoms with E-state index in [1.54, 1.807) is 43.5 Å². The molecule has 0 saturated carbocycles. The number of amides is 1. The van der Waals surface area contributed by atoms with Gasteiger partial charge in [0.15, 0.2) is 0 Å². The second-order valence-electron chi connectivity index (χ2n) is 5.16. The van der Waals surface area contributed by atoms with Gasteiger partial charge in [-0.15, -0.1) is 0 Å². The monoisotopic (exact) mass is 313 g/mol. The number of hydrogen-bond donors (Lipinski definition) is 1. The molecule has 0 heterocycles. The molecule has 0 aliphatic heterocycles. The predicted octanol–water partition coefficient (Wildman–Crippen LogP) is 3.35. The number of hydrogen-bond acceptors (Lipinski definition) is 4. The second-order valence-corrected chi connectivity index (χ2v) is 5.16. The van der Waals surface area contributed by atoms with Crippen LogP contribution in [0.5, 0.6) is 5.75 Å². The Kier molecular flexibility index (Phi) is 5.01. The summed E-state index contributed by atoms with van der Waals surface area (Å²) in [5.41, 5.74) is 3.22. The van der Waals surface area contributed by atoms with Crippen LogP contribution in [-0.2, 0) is 4.74 Å². The van der Waals surface area contributed by atoms with E-state index in [1.165, 1.54) is 7.11 Å². The summed E-state index contributed by atoms with van der Waals surface area (Å²) < 4.78 is 9.88. The lowest BCUT2D eigenvalue weighted by Crippen LogP contribution is -2.14. The normalized spacial score (nSPS) is 10.1. The first kappa shape index (κ1) is 16.5. The number of aryl methyl sites for hydroxylation is 2. The molecule has 0 saturated heterocycles. The van der Waals surface area contributed by atoms with Crippen molar-refractivity contribution >= 4 is 17.6 Å². The number of carbonyl (C=O) groups excluding carboxylic acids is 2. The molecule has 1 amide bonds. The van der Waals surface area contributed by atoms with E-state index in [9.17, 15) is 9.59 Å². The van der Waals surface area contributed by atoms with Crippen LogP contribution in [0.25, 0.3) is 0 Å². The quantitative estimate of drug-likeness (QED) is 0.879. The van der Waals surface area contributed by atoms with Crippen molar-refractivity contribution in [1.82, 2.24) is 0 Å². The van der Waals surface area contributed by atoms with Gasteiger partial charge in [0.1, 0.15) is 5.75 Å². The zero-order chi connectivity index (χ0) is 17.0. The van der Waals surface area contributed by atoms with E-state index in [4.69, 9.17) is 9.47 Å². The number of methoxy groups -OCH3 is 2. The van der Waals surface area contributed by atoms with Crippen molar-refractivity contribution in [3.8, 4) is 5.75 Å². The first-order valence-corrected chi connectivity index (χ1v) is 7.11. The summed E-state index contributed by atoms with van der Waals surface area (Å²) in [6.45, 7) is 3.73. The largest absolute Gasteiger partial charge is 0.496 e. The highest BCUT2D eigenvalue weighted by Gasteiger charge is 2.12. The fourth-order valence-corrected chi connectivity index (χ4v) is 2.22. The Labute approximate surface area is 135 Å². The molecule has 5 nitrogen and oxygen atoms in total. The van der Waals surface area contributed by atoms with Crippen molar-refractivity contribution in [2.45, 2.75) is 13.8 Å². The smallest absolute Gasteiger partial charge is 0.337 e. The van der Waals surface area contributed by atoms with Crippen LogP contribution in [0.2, 0.25) is 0 Å². The van der Waals surface area contributed by atoms with Crippen molar-refractivity contribution in [2.24, 2.45) is 0 Å². The molecule has 0 fully saturated rings. The van der Waals surface area contributed by atoms with Crippen LogP contribution in [0.4, 0.5) is 5.69 Å². The van der Waals surface area contributed by atoms with Gasteiger partial charge in [0, 0.05) is 11.3 Å². The first-order chi connectivity index (χ1) is 11.0. The molecule has 0 bridgehead atoms. The molecule has 23 heavy (non-hydrogen) atoms. The van der Waals surface area contributed by atoms with Crippen LogP contribution < -0.4 is 10.1 Å². The minimum atomic E-state index is -0.444. The molecule has 2 aromatic carbocycles. The standard InChI is InChI=1S/C18H19NO4/c1-11-5-6-14(18(21)23-4)10-15(11)19-17(20)13-7-8-16(22-3)12(2)9-13/h5-10H,1-4H3,(H,19,20). The van der Waals surface area contributed by atoms with Crippen LogP contribution >= 0.6 is 0 Å². The van der Waals surface area contributed by atoms with E-state index in [0.717, 1.165) is 16.9 Å². The summed E-state index contributed by atoms with van der Waals surface area (Å²) in [5.74, 6) is 0.0343. The SMILES string of the molecule is COC(=O)c1ccc(C)c(NC(=O)c2ccc(OC)c(C)c2)c1. The van der Waals surface area contributed by atoms with E-state index in [2.05, 4.69) is 5.32 Å². The molecular formula is C18H19NO4. The topological polar surface area (TPSA) is 64.6 Å². The van der Waals surface area contributed by atoms with Crippen LogP contribution in [0.3, 0.4) is 0 Å². The zero-order valence-electron chi connectivity index (χ0n) is 13.6. The summed E-state index contributed by atoms with van der Waals surface area (Å²) in [5, 5.41) is 2.82. The van der Waals surface area contributed by atoms with Gasteiger partial charge >= 0.3 is 5.97 Å². The minimum absolute atomic E-state index is 0.249. The van der Waals surface area contributed by atoms with Gasteiger partial charge in [-0.1, -0.05) is 6.07 Å². The molecule has 0 spiro atoms. The lowest BCUT2D eigenvalue weighted by atomic mass is 10.1. The van der Waals surface area contributed by atoms with E-state index in [0.29, 0.717) is 16.8 Å². The highest BCUT2D eigenvalue weighted by molar-refractivity contribution is 6.05. The van der Waals surface area contributed by atoms with E-state index >= 15 is 0 Å². The molecule has 0 unspecified atom stereocenters. The Morgan fingerprint density at radius 1 is 0.913 bits per heavy atom. The molecule has 0 atom stereocenters. The molecule has 2 rings (SSSR count). The number of esters is 1. The van der Waals surface area contributed by atoms with Crippen molar-refractivity contribution < 1.29 is 19.1 Å². The molecule has 0 aromatic heterocycles. The lowest BCUT2D eigenvalue weighted by Gasteiger charge is -2.11. The number of carbonyl (C=O) groups is 2. The third kappa shape index (κ3) is 3.69. The van der Waals surface area contributed by atoms with E-state index in [-0.39, 0.29) is 5.91 Å². The number of rotatable bonds is 4. The number of nitrogens with one attached hydrogen (secondary N) is 1. The third-order valence-corrected chi connectivity index (χ3v) is 3.56. The van der Waals surface area contributed by atoms with Gasteiger partial charge in [-0.25, -0.2) is 4.79 Å². The highest BCUT2D eigenvalue weighted by Crippen LogP contribution is 2.21. The lowest BCUT2D eigenvalue weighted by molar-refractivity contribution is 0.0600. The van der Waals surface area contributed by atoms with Crippen LogP contribution in [0, 0.1) is 13.8 Å². The molecular weight excluding hydrogens is 294 g/mol. The van der Waals surface area contributed by atoms with E-state index < -0.39 is 5.97 Å². The molecule has 0 radical (unpaired) electrons. The summed E-state index contributed by atoms with van der Waals surface area (Å²) in [6.07, 6.45) is 0. The number of benzene rings is 2. The van der Waals surface area contributed by atoms with Crippen LogP contribution in [0.15, 0.2) is 36.4 Å². The Balaban J connectivity index is 2.26. The Bertz CT molecular complexity index is 753. The van der Waals surface area contributed by atoms with Gasteiger partial charge in [0.2, 0.25) is 0 Å². The molecule has 120 valence electrons. The molecule has 0 aliphatic carbocycles. The van der Waals surface area contributed by atoms with Gasteiger partial charge in [0.05, 0.1) is 19.8 Å². The summed E-state index contributed by atoms with van der Waals surface area (Å²) in [4.78, 5) is 24.0. The Hall–Kier alpha value is -2.82. The van der Waals surface area contributed by atoms with Gasteiger partial charge in [-0.05, 0) is 55.3 Å². The average Bonchev–Trinajstić information content (AvgIpc) is 2.55.